The van der Waals surface area contributed by atoms with Gasteiger partial charge in [-0.05, 0) is 46.8 Å². The molecule has 0 aromatic carbocycles. The van der Waals surface area contributed by atoms with Crippen molar-refractivity contribution in [1.82, 2.24) is 24.4 Å². The zero-order valence-corrected chi connectivity index (χ0v) is 23.0. The molecule has 1 fully saturated rings. The summed E-state index contributed by atoms with van der Waals surface area (Å²) < 4.78 is 12.9. The van der Waals surface area contributed by atoms with E-state index in [9.17, 15) is 10.1 Å². The first kappa shape index (κ1) is 27.1. The van der Waals surface area contributed by atoms with E-state index in [1.807, 2.05) is 31.5 Å². The van der Waals surface area contributed by atoms with E-state index in [0.717, 1.165) is 23.4 Å². The number of anilines is 2. The van der Waals surface area contributed by atoms with Gasteiger partial charge in [0.1, 0.15) is 23.6 Å². The third kappa shape index (κ3) is 5.65. The number of carbonyl (C=O) groups excluding carboxylic acids is 1. The Hall–Kier alpha value is -3.91. The van der Waals surface area contributed by atoms with Crippen molar-refractivity contribution in [1.29, 1.82) is 5.26 Å². The maximum atomic E-state index is 12.7. The van der Waals surface area contributed by atoms with E-state index in [2.05, 4.69) is 39.7 Å². The van der Waals surface area contributed by atoms with E-state index < -0.39 is 5.60 Å². The van der Waals surface area contributed by atoms with Crippen LogP contribution in [0.2, 0.25) is 0 Å². The molecule has 0 unspecified atom stereocenters. The predicted molar refractivity (Wildman–Crippen MR) is 146 cm³/mol. The van der Waals surface area contributed by atoms with E-state index in [0.29, 0.717) is 49.8 Å². The van der Waals surface area contributed by atoms with Gasteiger partial charge in [-0.2, -0.15) is 5.26 Å². The zero-order chi connectivity index (χ0) is 27.4. The summed E-state index contributed by atoms with van der Waals surface area (Å²) in [5, 5.41) is 10.3. The fourth-order valence-corrected chi connectivity index (χ4v) is 4.69. The number of fused-ring (bicyclic) bond motifs is 1. The fourth-order valence-electron chi connectivity index (χ4n) is 4.69. The van der Waals surface area contributed by atoms with Crippen LogP contribution in [0, 0.1) is 11.3 Å². The number of hydrogen-bond donors (Lipinski definition) is 0. The maximum absolute atomic E-state index is 12.7. The molecular weight excluding hydrogens is 484 g/mol. The highest BCUT2D eigenvalue weighted by atomic mass is 16.6. The maximum Gasteiger partial charge on any atom is 0.410 e. The standard InChI is InChI=1S/C27H36N8O3/c1-7-32(12-13-37-6)21-17-35(22-14-20(15-28)8-9-29-22)25-23(21)24(30-18-31-25)34-11-10-33(16-19(34)2)26(36)38-27(3,4)5/h8-9,14,17-19H,7,10-13,16H2,1-6H3/t19-/m0/s1. The molecule has 1 aliphatic rings. The number of hydrogen-bond acceptors (Lipinski definition) is 9. The second-order valence-electron chi connectivity index (χ2n) is 10.3. The van der Waals surface area contributed by atoms with Crippen LogP contribution in [0.3, 0.4) is 0 Å². The normalized spacial score (nSPS) is 16.0. The summed E-state index contributed by atoms with van der Waals surface area (Å²) in [7, 11) is 1.69. The van der Waals surface area contributed by atoms with Gasteiger partial charge in [0.05, 0.1) is 29.3 Å². The van der Waals surface area contributed by atoms with Gasteiger partial charge in [0.15, 0.2) is 5.65 Å². The number of pyridine rings is 1. The summed E-state index contributed by atoms with van der Waals surface area (Å²) in [6.07, 6.45) is 4.89. The molecule has 1 saturated heterocycles. The van der Waals surface area contributed by atoms with Crippen LogP contribution >= 0.6 is 0 Å². The zero-order valence-electron chi connectivity index (χ0n) is 23.0. The van der Waals surface area contributed by atoms with E-state index in [1.165, 1.54) is 0 Å². The second kappa shape index (κ2) is 11.2. The highest BCUT2D eigenvalue weighted by Crippen LogP contribution is 2.37. The molecule has 0 saturated carbocycles. The van der Waals surface area contributed by atoms with Gasteiger partial charge in [0.2, 0.25) is 0 Å². The smallest absolute Gasteiger partial charge is 0.410 e. The van der Waals surface area contributed by atoms with Gasteiger partial charge in [-0.3, -0.25) is 4.57 Å². The summed E-state index contributed by atoms with van der Waals surface area (Å²) in [5.41, 5.74) is 1.63. The summed E-state index contributed by atoms with van der Waals surface area (Å²) in [6.45, 7) is 13.5. The molecule has 0 bridgehead atoms. The first-order valence-electron chi connectivity index (χ1n) is 12.9. The number of ether oxygens (including phenoxy) is 2. The summed E-state index contributed by atoms with van der Waals surface area (Å²) in [5.74, 6) is 1.41. The van der Waals surface area contributed by atoms with E-state index >= 15 is 0 Å². The Bertz CT molecular complexity index is 1330. The Balaban J connectivity index is 1.78. The number of aromatic nitrogens is 4. The minimum absolute atomic E-state index is 0.000313. The largest absolute Gasteiger partial charge is 0.444 e. The molecule has 202 valence electrons. The average Bonchev–Trinajstić information content (AvgIpc) is 3.28. The monoisotopic (exact) mass is 520 g/mol. The molecular formula is C27H36N8O3. The van der Waals surface area contributed by atoms with Crippen LogP contribution in [0.25, 0.3) is 16.9 Å². The lowest BCUT2D eigenvalue weighted by atomic mass is 10.1. The average molecular weight is 521 g/mol. The third-order valence-electron chi connectivity index (χ3n) is 6.50. The lowest BCUT2D eigenvalue weighted by Gasteiger charge is -2.41. The number of nitriles is 1. The van der Waals surface area contributed by atoms with Gasteiger partial charge < -0.3 is 24.2 Å². The van der Waals surface area contributed by atoms with Crippen LogP contribution in [-0.2, 0) is 9.47 Å². The van der Waals surface area contributed by atoms with Gasteiger partial charge in [0, 0.05) is 58.3 Å². The van der Waals surface area contributed by atoms with Crippen molar-refractivity contribution in [3.63, 3.8) is 0 Å². The van der Waals surface area contributed by atoms with Gasteiger partial charge in [0.25, 0.3) is 0 Å². The van der Waals surface area contributed by atoms with Crippen LogP contribution < -0.4 is 9.80 Å². The van der Waals surface area contributed by atoms with E-state index in [-0.39, 0.29) is 12.1 Å². The highest BCUT2D eigenvalue weighted by Gasteiger charge is 2.32. The summed E-state index contributed by atoms with van der Waals surface area (Å²) >= 11 is 0. The van der Waals surface area contributed by atoms with Gasteiger partial charge in [-0.15, -0.1) is 0 Å². The molecule has 0 N–H and O–H groups in total. The highest BCUT2D eigenvalue weighted by molar-refractivity contribution is 6.00. The molecule has 11 nitrogen and oxygen atoms in total. The number of rotatable bonds is 7. The van der Waals surface area contributed by atoms with Crippen LogP contribution in [0.5, 0.6) is 0 Å². The Morgan fingerprint density at radius 1 is 1.26 bits per heavy atom. The lowest BCUT2D eigenvalue weighted by molar-refractivity contribution is 0.0218. The first-order valence-corrected chi connectivity index (χ1v) is 12.9. The van der Waals surface area contributed by atoms with Gasteiger partial charge in [-0.25, -0.2) is 19.7 Å². The van der Waals surface area contributed by atoms with Crippen molar-refractivity contribution in [3.8, 4) is 11.9 Å². The van der Waals surface area contributed by atoms with E-state index in [4.69, 9.17) is 14.5 Å². The number of methoxy groups -OCH3 is 1. The quantitative estimate of drug-likeness (QED) is 0.461. The third-order valence-corrected chi connectivity index (χ3v) is 6.50. The first-order chi connectivity index (χ1) is 18.2. The van der Waals surface area contributed by atoms with Gasteiger partial charge >= 0.3 is 6.09 Å². The Morgan fingerprint density at radius 3 is 2.71 bits per heavy atom. The lowest BCUT2D eigenvalue weighted by Crippen LogP contribution is -2.54. The molecule has 1 amide bonds. The molecule has 1 atom stereocenters. The predicted octanol–water partition coefficient (Wildman–Crippen LogP) is 3.61. The molecule has 3 aromatic heterocycles. The van der Waals surface area contributed by atoms with Crippen LogP contribution in [0.15, 0.2) is 30.9 Å². The molecule has 0 spiro atoms. The van der Waals surface area contributed by atoms with Crippen molar-refractivity contribution in [2.45, 2.75) is 46.3 Å². The van der Waals surface area contributed by atoms with Gasteiger partial charge in [-0.1, -0.05) is 0 Å². The van der Waals surface area contributed by atoms with Crippen LogP contribution in [-0.4, -0.2) is 88.6 Å². The topological polar surface area (TPSA) is 113 Å². The minimum atomic E-state index is -0.545. The molecule has 3 aromatic rings. The van der Waals surface area contributed by atoms with Crippen molar-refractivity contribution >= 4 is 28.6 Å². The second-order valence-corrected chi connectivity index (χ2v) is 10.3. The molecule has 4 rings (SSSR count). The minimum Gasteiger partial charge on any atom is -0.444 e. The van der Waals surface area contributed by atoms with Crippen molar-refractivity contribution in [2.24, 2.45) is 0 Å². The van der Waals surface area contributed by atoms with Crippen LogP contribution in [0.4, 0.5) is 16.3 Å². The molecule has 0 aliphatic carbocycles. The van der Waals surface area contributed by atoms with E-state index in [1.54, 1.807) is 36.7 Å². The van der Waals surface area contributed by atoms with Crippen LogP contribution in [0.1, 0.15) is 40.2 Å². The Labute approximate surface area is 223 Å². The summed E-state index contributed by atoms with van der Waals surface area (Å²) in [6, 6.07) is 5.61. The van der Waals surface area contributed by atoms with Crippen molar-refractivity contribution < 1.29 is 14.3 Å². The number of likely N-dealkylation sites (N-methyl/N-ethyl adjacent to an activating group) is 1. The SMILES string of the molecule is CCN(CCOC)c1cn(-c2cc(C#N)ccn2)c2ncnc(N3CCN(C(=O)OC(C)(C)C)C[C@@H]3C)c12. The number of piperazine rings is 1. The van der Waals surface area contributed by atoms with Crippen molar-refractivity contribution in [2.75, 3.05) is 56.2 Å². The summed E-state index contributed by atoms with van der Waals surface area (Å²) in [4.78, 5) is 32.8. The number of nitrogens with zero attached hydrogens (tertiary/aromatic N) is 8. The Kier molecular flexibility index (Phi) is 8.02. The van der Waals surface area contributed by atoms with Crippen molar-refractivity contribution in [3.05, 3.63) is 36.4 Å². The molecule has 38 heavy (non-hydrogen) atoms. The number of carbonyl (C=O) groups is 1. The fraction of sp³-hybridized carbons (Fsp3) is 0.519. The number of amides is 1. The molecule has 1 aliphatic heterocycles. The molecule has 4 heterocycles. The molecule has 11 heteroatoms. The Morgan fingerprint density at radius 2 is 2.05 bits per heavy atom. The molecule has 0 radical (unpaired) electrons.